The lowest BCUT2D eigenvalue weighted by Gasteiger charge is -2.07. The largest absolute Gasteiger partial charge is 0.310 e. The molecule has 0 spiro atoms. The molecule has 1 fully saturated rings. The van der Waals surface area contributed by atoms with E-state index in [0.29, 0.717) is 0 Å². The SMILES string of the molecule is Clc1cc(-c2cccs2)ccc1CNC1CC1. The van der Waals surface area contributed by atoms with Gasteiger partial charge in [-0.3, -0.25) is 0 Å². The second-order valence-corrected chi connectivity index (χ2v) is 5.79. The van der Waals surface area contributed by atoms with Gasteiger partial charge in [-0.05, 0) is 41.5 Å². The standard InChI is InChI=1S/C14H14ClNS/c15-13-8-10(14-2-1-7-17-14)3-4-11(13)9-16-12-5-6-12/h1-4,7-8,12,16H,5-6,9H2. The van der Waals surface area contributed by atoms with E-state index < -0.39 is 0 Å². The molecule has 0 amide bonds. The molecule has 1 aromatic carbocycles. The molecule has 1 heterocycles. The number of hydrogen-bond acceptors (Lipinski definition) is 2. The molecule has 0 bridgehead atoms. The smallest absolute Gasteiger partial charge is 0.0457 e. The Morgan fingerprint density at radius 1 is 1.29 bits per heavy atom. The molecule has 1 saturated carbocycles. The second-order valence-electron chi connectivity index (χ2n) is 4.44. The molecule has 88 valence electrons. The van der Waals surface area contributed by atoms with Crippen molar-refractivity contribution in [3.8, 4) is 10.4 Å². The van der Waals surface area contributed by atoms with Gasteiger partial charge in [-0.25, -0.2) is 0 Å². The van der Waals surface area contributed by atoms with E-state index in [1.165, 1.54) is 28.8 Å². The molecule has 2 aromatic rings. The normalized spacial score (nSPS) is 15.1. The Balaban J connectivity index is 1.78. The molecule has 1 aromatic heterocycles. The minimum Gasteiger partial charge on any atom is -0.310 e. The molecule has 17 heavy (non-hydrogen) atoms. The number of thiophene rings is 1. The Labute approximate surface area is 110 Å². The fourth-order valence-corrected chi connectivity index (χ4v) is 2.80. The van der Waals surface area contributed by atoms with Crippen LogP contribution in [0.15, 0.2) is 35.7 Å². The van der Waals surface area contributed by atoms with Crippen molar-refractivity contribution in [2.24, 2.45) is 0 Å². The first kappa shape index (κ1) is 11.3. The van der Waals surface area contributed by atoms with Crippen LogP contribution < -0.4 is 5.32 Å². The summed E-state index contributed by atoms with van der Waals surface area (Å²) in [5.41, 5.74) is 2.40. The maximum absolute atomic E-state index is 6.31. The molecule has 0 unspecified atom stereocenters. The number of hydrogen-bond donors (Lipinski definition) is 1. The fraction of sp³-hybridized carbons (Fsp3) is 0.286. The molecular weight excluding hydrogens is 250 g/mol. The summed E-state index contributed by atoms with van der Waals surface area (Å²) in [5, 5.41) is 6.44. The minimum absolute atomic E-state index is 0.725. The number of benzene rings is 1. The third-order valence-corrected chi connectivity index (χ3v) is 4.29. The van der Waals surface area contributed by atoms with E-state index in [0.717, 1.165) is 17.6 Å². The summed E-state index contributed by atoms with van der Waals surface area (Å²) in [6.07, 6.45) is 2.62. The summed E-state index contributed by atoms with van der Waals surface area (Å²) >= 11 is 8.06. The molecule has 1 aliphatic carbocycles. The summed E-state index contributed by atoms with van der Waals surface area (Å²) < 4.78 is 0. The topological polar surface area (TPSA) is 12.0 Å². The van der Waals surface area contributed by atoms with Crippen molar-refractivity contribution in [2.45, 2.75) is 25.4 Å². The van der Waals surface area contributed by atoms with Gasteiger partial charge in [-0.1, -0.05) is 29.8 Å². The van der Waals surface area contributed by atoms with Crippen LogP contribution in [0, 0.1) is 0 Å². The van der Waals surface area contributed by atoms with Gasteiger partial charge >= 0.3 is 0 Å². The Morgan fingerprint density at radius 2 is 2.18 bits per heavy atom. The molecule has 1 nitrogen and oxygen atoms in total. The van der Waals surface area contributed by atoms with Crippen LogP contribution in [0.4, 0.5) is 0 Å². The Bertz CT molecular complexity index is 503. The van der Waals surface area contributed by atoms with Crippen molar-refractivity contribution in [3.05, 3.63) is 46.3 Å². The summed E-state index contributed by atoms with van der Waals surface area (Å²) in [6.45, 7) is 0.883. The van der Waals surface area contributed by atoms with Gasteiger partial charge < -0.3 is 5.32 Å². The summed E-state index contributed by atoms with van der Waals surface area (Å²) in [7, 11) is 0. The van der Waals surface area contributed by atoms with Crippen molar-refractivity contribution in [2.75, 3.05) is 0 Å². The maximum Gasteiger partial charge on any atom is 0.0457 e. The third kappa shape index (κ3) is 2.71. The quantitative estimate of drug-likeness (QED) is 0.866. The van der Waals surface area contributed by atoms with E-state index in [1.54, 1.807) is 11.3 Å². The predicted molar refractivity (Wildman–Crippen MR) is 74.6 cm³/mol. The van der Waals surface area contributed by atoms with Crippen LogP contribution in [0.1, 0.15) is 18.4 Å². The van der Waals surface area contributed by atoms with Crippen molar-refractivity contribution < 1.29 is 0 Å². The van der Waals surface area contributed by atoms with Gasteiger partial charge in [0.2, 0.25) is 0 Å². The van der Waals surface area contributed by atoms with E-state index >= 15 is 0 Å². The Morgan fingerprint density at radius 3 is 2.82 bits per heavy atom. The summed E-state index contributed by atoms with van der Waals surface area (Å²) in [5.74, 6) is 0. The van der Waals surface area contributed by atoms with Crippen molar-refractivity contribution in [1.29, 1.82) is 0 Å². The highest BCUT2D eigenvalue weighted by Crippen LogP contribution is 2.29. The molecule has 1 aliphatic rings. The molecule has 1 N–H and O–H groups in total. The predicted octanol–water partition coefficient (Wildman–Crippen LogP) is 4.32. The first-order chi connectivity index (χ1) is 8.33. The first-order valence-electron chi connectivity index (χ1n) is 5.88. The number of nitrogens with one attached hydrogen (secondary N) is 1. The van der Waals surface area contributed by atoms with Crippen molar-refractivity contribution >= 4 is 22.9 Å². The second kappa shape index (κ2) is 4.81. The van der Waals surface area contributed by atoms with E-state index in [-0.39, 0.29) is 0 Å². The highest BCUT2D eigenvalue weighted by Gasteiger charge is 2.20. The lowest BCUT2D eigenvalue weighted by atomic mass is 10.1. The van der Waals surface area contributed by atoms with E-state index in [1.807, 2.05) is 0 Å². The monoisotopic (exact) mass is 263 g/mol. The lowest BCUT2D eigenvalue weighted by Crippen LogP contribution is -2.15. The van der Waals surface area contributed by atoms with Crippen LogP contribution in [-0.2, 0) is 6.54 Å². The molecule has 3 rings (SSSR count). The Kier molecular flexibility index (Phi) is 3.19. The molecule has 3 heteroatoms. The molecular formula is C14H14ClNS. The lowest BCUT2D eigenvalue weighted by molar-refractivity contribution is 0.688. The highest BCUT2D eigenvalue weighted by atomic mass is 35.5. The first-order valence-corrected chi connectivity index (χ1v) is 7.14. The van der Waals surface area contributed by atoms with Gasteiger partial charge in [0.1, 0.15) is 0 Å². The van der Waals surface area contributed by atoms with Crippen LogP contribution in [0.5, 0.6) is 0 Å². The fourth-order valence-electron chi connectivity index (χ4n) is 1.83. The average molecular weight is 264 g/mol. The van der Waals surface area contributed by atoms with E-state index in [4.69, 9.17) is 11.6 Å². The van der Waals surface area contributed by atoms with Gasteiger partial charge in [0.15, 0.2) is 0 Å². The molecule has 0 saturated heterocycles. The average Bonchev–Trinajstić information content (AvgIpc) is 3.00. The minimum atomic E-state index is 0.725. The van der Waals surface area contributed by atoms with E-state index in [9.17, 15) is 0 Å². The number of rotatable bonds is 4. The van der Waals surface area contributed by atoms with Crippen molar-refractivity contribution in [3.63, 3.8) is 0 Å². The molecule has 0 atom stereocenters. The van der Waals surface area contributed by atoms with E-state index in [2.05, 4.69) is 41.0 Å². The summed E-state index contributed by atoms with van der Waals surface area (Å²) in [6, 6.07) is 11.3. The van der Waals surface area contributed by atoms with Gasteiger partial charge in [-0.15, -0.1) is 11.3 Å². The van der Waals surface area contributed by atoms with Crippen molar-refractivity contribution in [1.82, 2.24) is 5.32 Å². The van der Waals surface area contributed by atoms with Gasteiger partial charge in [-0.2, -0.15) is 0 Å². The van der Waals surface area contributed by atoms with Crippen LogP contribution >= 0.6 is 22.9 Å². The zero-order chi connectivity index (χ0) is 11.7. The zero-order valence-electron chi connectivity index (χ0n) is 9.45. The van der Waals surface area contributed by atoms with Gasteiger partial charge in [0.05, 0.1) is 0 Å². The van der Waals surface area contributed by atoms with Crippen LogP contribution in [0.25, 0.3) is 10.4 Å². The molecule has 0 radical (unpaired) electrons. The summed E-state index contributed by atoms with van der Waals surface area (Å²) in [4.78, 5) is 1.27. The van der Waals surface area contributed by atoms with Crippen LogP contribution in [-0.4, -0.2) is 6.04 Å². The zero-order valence-corrected chi connectivity index (χ0v) is 11.0. The third-order valence-electron chi connectivity index (χ3n) is 3.02. The van der Waals surface area contributed by atoms with Gasteiger partial charge in [0, 0.05) is 22.5 Å². The molecule has 0 aliphatic heterocycles. The van der Waals surface area contributed by atoms with Crippen LogP contribution in [0.2, 0.25) is 5.02 Å². The van der Waals surface area contributed by atoms with Crippen LogP contribution in [0.3, 0.4) is 0 Å². The maximum atomic E-state index is 6.31. The number of halogens is 1. The Hall–Kier alpha value is -0.830. The highest BCUT2D eigenvalue weighted by molar-refractivity contribution is 7.13. The van der Waals surface area contributed by atoms with Gasteiger partial charge in [0.25, 0.3) is 0 Å².